The Morgan fingerprint density at radius 1 is 1.21 bits per heavy atom. The van der Waals surface area contributed by atoms with Gasteiger partial charge in [0.15, 0.2) is 5.78 Å². The fourth-order valence-corrected chi connectivity index (χ4v) is 2.18. The molecule has 94 valence electrons. The lowest BCUT2D eigenvalue weighted by Gasteiger charge is -2.09. The molecule has 0 amide bonds. The largest absolute Gasteiger partial charge is 0.292 e. The molecule has 0 N–H and O–H groups in total. The number of hydrogen-bond donors (Lipinski definition) is 0. The monoisotopic (exact) mass is 313 g/mol. The van der Waals surface area contributed by atoms with Crippen LogP contribution in [0, 0.1) is 18.3 Å². The quantitative estimate of drug-likeness (QED) is 0.795. The Bertz CT molecular complexity index is 641. The standard InChI is InChI=1S/C16H12BrNO/c1-11-3-2-4-13(9-11)15(10-18)16(19)12-5-7-14(17)8-6-12/h2-9,15H,1H3. The molecule has 0 aliphatic rings. The zero-order valence-corrected chi connectivity index (χ0v) is 12.0. The van der Waals surface area contributed by atoms with Crippen LogP contribution in [0.2, 0.25) is 0 Å². The van der Waals surface area contributed by atoms with Gasteiger partial charge >= 0.3 is 0 Å². The van der Waals surface area contributed by atoms with Crippen LogP contribution >= 0.6 is 15.9 Å². The lowest BCUT2D eigenvalue weighted by atomic mass is 9.91. The van der Waals surface area contributed by atoms with Crippen LogP contribution in [0.5, 0.6) is 0 Å². The van der Waals surface area contributed by atoms with Gasteiger partial charge in [-0.15, -0.1) is 0 Å². The molecule has 0 saturated heterocycles. The summed E-state index contributed by atoms with van der Waals surface area (Å²) >= 11 is 3.33. The maximum atomic E-state index is 12.4. The summed E-state index contributed by atoms with van der Waals surface area (Å²) in [6, 6.07) is 16.7. The van der Waals surface area contributed by atoms with Gasteiger partial charge in [0.25, 0.3) is 0 Å². The molecule has 2 aromatic rings. The molecular weight excluding hydrogens is 302 g/mol. The molecule has 0 heterocycles. The van der Waals surface area contributed by atoms with Crippen molar-refractivity contribution in [3.8, 4) is 6.07 Å². The minimum Gasteiger partial charge on any atom is -0.292 e. The van der Waals surface area contributed by atoms with E-state index in [2.05, 4.69) is 22.0 Å². The van der Waals surface area contributed by atoms with E-state index in [0.717, 1.165) is 15.6 Å². The molecule has 2 nitrogen and oxygen atoms in total. The number of benzene rings is 2. The van der Waals surface area contributed by atoms with E-state index in [4.69, 9.17) is 0 Å². The highest BCUT2D eigenvalue weighted by Gasteiger charge is 2.21. The lowest BCUT2D eigenvalue weighted by Crippen LogP contribution is -2.11. The SMILES string of the molecule is Cc1cccc(C(C#N)C(=O)c2ccc(Br)cc2)c1. The first-order valence-corrected chi connectivity index (χ1v) is 6.67. The molecule has 0 aromatic heterocycles. The zero-order valence-electron chi connectivity index (χ0n) is 10.4. The molecule has 0 spiro atoms. The van der Waals surface area contributed by atoms with E-state index < -0.39 is 5.92 Å². The van der Waals surface area contributed by atoms with E-state index in [-0.39, 0.29) is 5.78 Å². The lowest BCUT2D eigenvalue weighted by molar-refractivity contribution is 0.0979. The van der Waals surface area contributed by atoms with E-state index in [1.165, 1.54) is 0 Å². The van der Waals surface area contributed by atoms with Crippen LogP contribution in [0.4, 0.5) is 0 Å². The van der Waals surface area contributed by atoms with Gasteiger partial charge in [-0.1, -0.05) is 57.9 Å². The van der Waals surface area contributed by atoms with Gasteiger partial charge < -0.3 is 0 Å². The summed E-state index contributed by atoms with van der Waals surface area (Å²) in [4.78, 5) is 12.4. The van der Waals surface area contributed by atoms with Gasteiger partial charge in [-0.3, -0.25) is 4.79 Å². The number of carbonyl (C=O) groups excluding carboxylic acids is 1. The van der Waals surface area contributed by atoms with Crippen LogP contribution in [0.3, 0.4) is 0 Å². The van der Waals surface area contributed by atoms with Gasteiger partial charge in [0, 0.05) is 10.0 Å². The smallest absolute Gasteiger partial charge is 0.184 e. The third-order valence-corrected chi connectivity index (χ3v) is 3.42. The average molecular weight is 314 g/mol. The number of Topliss-reactive ketones (excluding diaryl/α,β-unsaturated/α-hetero) is 1. The van der Waals surface area contributed by atoms with Crippen molar-refractivity contribution in [2.45, 2.75) is 12.8 Å². The summed E-state index contributed by atoms with van der Waals surface area (Å²) in [5, 5.41) is 9.28. The van der Waals surface area contributed by atoms with E-state index in [1.54, 1.807) is 24.3 Å². The van der Waals surface area contributed by atoms with Gasteiger partial charge in [0.05, 0.1) is 6.07 Å². The molecule has 3 heteroatoms. The van der Waals surface area contributed by atoms with Crippen LogP contribution < -0.4 is 0 Å². The van der Waals surface area contributed by atoms with Gasteiger partial charge in [0.1, 0.15) is 5.92 Å². The van der Waals surface area contributed by atoms with E-state index >= 15 is 0 Å². The summed E-state index contributed by atoms with van der Waals surface area (Å²) in [5.74, 6) is -0.915. The van der Waals surface area contributed by atoms with Crippen molar-refractivity contribution < 1.29 is 4.79 Å². The molecule has 2 rings (SSSR count). The fraction of sp³-hybridized carbons (Fsp3) is 0.125. The maximum Gasteiger partial charge on any atom is 0.184 e. The van der Waals surface area contributed by atoms with Crippen LogP contribution in [-0.2, 0) is 0 Å². The molecule has 1 unspecified atom stereocenters. The first-order valence-electron chi connectivity index (χ1n) is 5.88. The van der Waals surface area contributed by atoms with Gasteiger partial charge in [0.2, 0.25) is 0 Å². The third kappa shape index (κ3) is 3.10. The van der Waals surface area contributed by atoms with Crippen molar-refractivity contribution >= 4 is 21.7 Å². The number of nitrogens with zero attached hydrogens (tertiary/aromatic N) is 1. The van der Waals surface area contributed by atoms with Crippen molar-refractivity contribution in [3.05, 3.63) is 69.7 Å². The molecule has 0 aliphatic carbocycles. The van der Waals surface area contributed by atoms with Gasteiger partial charge in [-0.2, -0.15) is 5.26 Å². The number of carbonyl (C=O) groups is 1. The van der Waals surface area contributed by atoms with Crippen molar-refractivity contribution in [1.29, 1.82) is 5.26 Å². The summed E-state index contributed by atoms with van der Waals surface area (Å²) in [7, 11) is 0. The van der Waals surface area contributed by atoms with Gasteiger partial charge in [-0.25, -0.2) is 0 Å². The van der Waals surface area contributed by atoms with Crippen molar-refractivity contribution in [1.82, 2.24) is 0 Å². The number of ketones is 1. The molecule has 0 aliphatic heterocycles. The molecule has 1 atom stereocenters. The molecule has 19 heavy (non-hydrogen) atoms. The molecule has 0 bridgehead atoms. The molecule has 2 aromatic carbocycles. The average Bonchev–Trinajstić information content (AvgIpc) is 2.40. The van der Waals surface area contributed by atoms with E-state index in [0.29, 0.717) is 5.56 Å². The number of nitriles is 1. The summed E-state index contributed by atoms with van der Waals surface area (Å²) in [6.07, 6.45) is 0. The second-order valence-electron chi connectivity index (χ2n) is 4.35. The Kier molecular flexibility index (Phi) is 4.13. The highest BCUT2D eigenvalue weighted by atomic mass is 79.9. The number of hydrogen-bond acceptors (Lipinski definition) is 2. The summed E-state index contributed by atoms with van der Waals surface area (Å²) < 4.78 is 0.910. The Labute approximate surface area is 120 Å². The third-order valence-electron chi connectivity index (χ3n) is 2.90. The number of aryl methyl sites for hydroxylation is 1. The Hall–Kier alpha value is -1.92. The second kappa shape index (κ2) is 5.81. The van der Waals surface area contributed by atoms with E-state index in [1.807, 2.05) is 31.2 Å². The minimum atomic E-state index is -0.749. The number of rotatable bonds is 3. The van der Waals surface area contributed by atoms with Crippen LogP contribution in [0.25, 0.3) is 0 Å². The zero-order chi connectivity index (χ0) is 13.8. The predicted octanol–water partition coefficient (Wildman–Crippen LogP) is 4.25. The van der Waals surface area contributed by atoms with Crippen LogP contribution in [0.1, 0.15) is 27.4 Å². The Morgan fingerprint density at radius 3 is 2.47 bits per heavy atom. The molecular formula is C16H12BrNO. The first kappa shape index (κ1) is 13.5. The fourth-order valence-electron chi connectivity index (χ4n) is 1.92. The predicted molar refractivity (Wildman–Crippen MR) is 78.0 cm³/mol. The van der Waals surface area contributed by atoms with Crippen LogP contribution in [0.15, 0.2) is 53.0 Å². The van der Waals surface area contributed by atoms with E-state index in [9.17, 15) is 10.1 Å². The first-order chi connectivity index (χ1) is 9.11. The van der Waals surface area contributed by atoms with Crippen molar-refractivity contribution in [2.75, 3.05) is 0 Å². The Morgan fingerprint density at radius 2 is 1.89 bits per heavy atom. The summed E-state index contributed by atoms with van der Waals surface area (Å²) in [6.45, 7) is 1.95. The van der Waals surface area contributed by atoms with Crippen molar-refractivity contribution in [3.63, 3.8) is 0 Å². The van der Waals surface area contributed by atoms with Gasteiger partial charge in [-0.05, 0) is 24.6 Å². The van der Waals surface area contributed by atoms with Crippen LogP contribution in [-0.4, -0.2) is 5.78 Å². The number of halogens is 1. The molecule has 0 radical (unpaired) electrons. The topological polar surface area (TPSA) is 40.9 Å². The minimum absolute atomic E-state index is 0.166. The highest BCUT2D eigenvalue weighted by molar-refractivity contribution is 9.10. The van der Waals surface area contributed by atoms with Crippen molar-refractivity contribution in [2.24, 2.45) is 0 Å². The maximum absolute atomic E-state index is 12.4. The highest BCUT2D eigenvalue weighted by Crippen LogP contribution is 2.22. The Balaban J connectivity index is 2.35. The molecule has 0 saturated carbocycles. The molecule has 0 fully saturated rings. The summed E-state index contributed by atoms with van der Waals surface area (Å²) in [5.41, 5.74) is 2.34. The second-order valence-corrected chi connectivity index (χ2v) is 5.26. The normalized spacial score (nSPS) is 11.6.